The van der Waals surface area contributed by atoms with Crippen molar-refractivity contribution in [3.63, 3.8) is 0 Å². The molecule has 0 aliphatic carbocycles. The third kappa shape index (κ3) is 3.32. The van der Waals surface area contributed by atoms with Crippen LogP contribution in [0.4, 0.5) is 9.18 Å². The van der Waals surface area contributed by atoms with Crippen LogP contribution in [0.1, 0.15) is 11.6 Å². The van der Waals surface area contributed by atoms with E-state index >= 15 is 0 Å². The third-order valence-electron chi connectivity index (χ3n) is 2.00. The van der Waals surface area contributed by atoms with Gasteiger partial charge >= 0.3 is 6.03 Å². The van der Waals surface area contributed by atoms with Crippen LogP contribution < -0.4 is 16.4 Å². The SMILES string of the molecule is NCC(NC(=O)NC=O)c1ccc(F)cc1. The number of nitrogens with two attached hydrogens (primary N) is 1. The largest absolute Gasteiger partial charge is 0.330 e. The summed E-state index contributed by atoms with van der Waals surface area (Å²) in [6.45, 7) is 0.151. The van der Waals surface area contributed by atoms with E-state index in [9.17, 15) is 14.0 Å². The minimum Gasteiger partial charge on any atom is -0.330 e. The quantitative estimate of drug-likeness (QED) is 0.643. The number of nitrogens with one attached hydrogen (secondary N) is 2. The van der Waals surface area contributed by atoms with Gasteiger partial charge in [0.1, 0.15) is 5.82 Å². The molecule has 0 fully saturated rings. The second-order valence-electron chi connectivity index (χ2n) is 3.08. The third-order valence-corrected chi connectivity index (χ3v) is 2.00. The van der Waals surface area contributed by atoms with E-state index in [1.807, 2.05) is 5.32 Å². The molecule has 0 heterocycles. The van der Waals surface area contributed by atoms with Gasteiger partial charge in [-0.05, 0) is 17.7 Å². The summed E-state index contributed by atoms with van der Waals surface area (Å²) in [6, 6.07) is 4.49. The average Bonchev–Trinajstić information content (AvgIpc) is 2.27. The van der Waals surface area contributed by atoms with Gasteiger partial charge in [0.2, 0.25) is 6.41 Å². The fraction of sp³-hybridized carbons (Fsp3) is 0.200. The van der Waals surface area contributed by atoms with E-state index in [4.69, 9.17) is 5.73 Å². The molecule has 1 rings (SSSR count). The smallest absolute Gasteiger partial charge is 0.321 e. The van der Waals surface area contributed by atoms with E-state index in [1.165, 1.54) is 24.3 Å². The topological polar surface area (TPSA) is 84.2 Å². The molecule has 0 radical (unpaired) electrons. The first-order valence-electron chi connectivity index (χ1n) is 4.63. The van der Waals surface area contributed by atoms with Gasteiger partial charge in [-0.1, -0.05) is 12.1 Å². The first kappa shape index (κ1) is 12.1. The zero-order chi connectivity index (χ0) is 12.0. The lowest BCUT2D eigenvalue weighted by Gasteiger charge is -2.16. The zero-order valence-electron chi connectivity index (χ0n) is 8.44. The van der Waals surface area contributed by atoms with Gasteiger partial charge < -0.3 is 11.1 Å². The monoisotopic (exact) mass is 225 g/mol. The Balaban J connectivity index is 2.70. The molecule has 4 N–H and O–H groups in total. The molecule has 1 atom stereocenters. The lowest BCUT2D eigenvalue weighted by molar-refractivity contribution is -0.108. The summed E-state index contributed by atoms with van der Waals surface area (Å²) in [7, 11) is 0. The second kappa shape index (κ2) is 5.82. The molecule has 5 nitrogen and oxygen atoms in total. The predicted octanol–water partition coefficient (Wildman–Crippen LogP) is 0.281. The van der Waals surface area contributed by atoms with Gasteiger partial charge in [0.25, 0.3) is 0 Å². The number of carbonyl (C=O) groups excluding carboxylic acids is 2. The first-order chi connectivity index (χ1) is 7.67. The summed E-state index contributed by atoms with van der Waals surface area (Å²) in [5, 5.41) is 4.41. The molecular formula is C10H12FN3O2. The van der Waals surface area contributed by atoms with E-state index < -0.39 is 12.1 Å². The zero-order valence-corrected chi connectivity index (χ0v) is 8.44. The van der Waals surface area contributed by atoms with Crippen molar-refractivity contribution >= 4 is 12.4 Å². The highest BCUT2D eigenvalue weighted by molar-refractivity contribution is 5.84. The van der Waals surface area contributed by atoms with Crippen molar-refractivity contribution in [2.75, 3.05) is 6.54 Å². The molecule has 1 aromatic carbocycles. The number of halogens is 1. The molecule has 16 heavy (non-hydrogen) atoms. The maximum atomic E-state index is 12.7. The molecule has 1 aromatic rings. The minimum atomic E-state index is -0.644. The molecule has 0 aliphatic rings. The van der Waals surface area contributed by atoms with Crippen molar-refractivity contribution in [1.29, 1.82) is 0 Å². The van der Waals surface area contributed by atoms with Crippen LogP contribution in [0.3, 0.4) is 0 Å². The Bertz CT molecular complexity index is 367. The summed E-state index contributed by atoms with van der Waals surface area (Å²) in [4.78, 5) is 21.1. The number of hydrogen-bond acceptors (Lipinski definition) is 3. The summed E-state index contributed by atoms with van der Waals surface area (Å²) in [5.41, 5.74) is 6.13. The normalized spacial score (nSPS) is 11.6. The van der Waals surface area contributed by atoms with Crippen LogP contribution in [0.5, 0.6) is 0 Å². The number of benzene rings is 1. The van der Waals surface area contributed by atoms with Crippen LogP contribution in [0.2, 0.25) is 0 Å². The van der Waals surface area contributed by atoms with E-state index in [2.05, 4.69) is 5.32 Å². The van der Waals surface area contributed by atoms with E-state index in [0.717, 1.165) is 0 Å². The Morgan fingerprint density at radius 1 is 1.44 bits per heavy atom. The van der Waals surface area contributed by atoms with Gasteiger partial charge in [0.15, 0.2) is 0 Å². The fourth-order valence-electron chi connectivity index (χ4n) is 1.23. The Morgan fingerprint density at radius 3 is 2.56 bits per heavy atom. The Hall–Kier alpha value is -1.95. The summed E-state index contributed by atoms with van der Waals surface area (Å²) in [5.74, 6) is -0.364. The lowest BCUT2D eigenvalue weighted by Crippen LogP contribution is -2.39. The van der Waals surface area contributed by atoms with Gasteiger partial charge in [-0.25, -0.2) is 9.18 Å². The Labute approximate surface area is 91.8 Å². The van der Waals surface area contributed by atoms with Crippen LogP contribution in [0.25, 0.3) is 0 Å². The standard InChI is InChI=1S/C10H12FN3O2/c11-8-3-1-7(2-4-8)9(5-12)14-10(16)13-6-15/h1-4,6,9H,5,12H2,(H2,13,14,15,16). The number of urea groups is 1. The molecule has 0 saturated carbocycles. The van der Waals surface area contributed by atoms with Crippen LogP contribution in [-0.4, -0.2) is 19.0 Å². The van der Waals surface area contributed by atoms with E-state index in [0.29, 0.717) is 5.56 Å². The summed E-state index contributed by atoms with van der Waals surface area (Å²) in [6.07, 6.45) is 0.271. The van der Waals surface area contributed by atoms with Crippen molar-refractivity contribution in [1.82, 2.24) is 10.6 Å². The van der Waals surface area contributed by atoms with Crippen molar-refractivity contribution in [2.24, 2.45) is 5.73 Å². The molecule has 0 spiro atoms. The highest BCUT2D eigenvalue weighted by Crippen LogP contribution is 2.12. The van der Waals surface area contributed by atoms with Crippen LogP contribution in [0, 0.1) is 5.82 Å². The van der Waals surface area contributed by atoms with Gasteiger partial charge in [0, 0.05) is 6.54 Å². The fourth-order valence-corrected chi connectivity index (χ4v) is 1.23. The summed E-state index contributed by atoms with van der Waals surface area (Å²) >= 11 is 0. The molecule has 0 aromatic heterocycles. The number of hydrogen-bond donors (Lipinski definition) is 3. The predicted molar refractivity (Wildman–Crippen MR) is 55.9 cm³/mol. The molecule has 0 bridgehead atoms. The molecular weight excluding hydrogens is 213 g/mol. The number of rotatable bonds is 4. The van der Waals surface area contributed by atoms with E-state index in [1.54, 1.807) is 0 Å². The lowest BCUT2D eigenvalue weighted by atomic mass is 10.1. The van der Waals surface area contributed by atoms with Gasteiger partial charge in [-0.15, -0.1) is 0 Å². The molecule has 86 valence electrons. The average molecular weight is 225 g/mol. The van der Waals surface area contributed by atoms with Crippen LogP contribution in [0.15, 0.2) is 24.3 Å². The Kier molecular flexibility index (Phi) is 4.41. The molecule has 3 amide bonds. The van der Waals surface area contributed by atoms with Crippen LogP contribution >= 0.6 is 0 Å². The number of imide groups is 1. The molecule has 6 heteroatoms. The highest BCUT2D eigenvalue weighted by Gasteiger charge is 2.12. The van der Waals surface area contributed by atoms with Gasteiger partial charge in [-0.3, -0.25) is 10.1 Å². The number of carbonyl (C=O) groups is 2. The van der Waals surface area contributed by atoms with E-state index in [-0.39, 0.29) is 18.8 Å². The van der Waals surface area contributed by atoms with Crippen molar-refractivity contribution in [3.8, 4) is 0 Å². The maximum Gasteiger partial charge on any atom is 0.321 e. The van der Waals surface area contributed by atoms with Gasteiger partial charge in [-0.2, -0.15) is 0 Å². The van der Waals surface area contributed by atoms with Crippen molar-refractivity contribution < 1.29 is 14.0 Å². The second-order valence-corrected chi connectivity index (χ2v) is 3.08. The van der Waals surface area contributed by atoms with Crippen molar-refractivity contribution in [2.45, 2.75) is 6.04 Å². The first-order valence-corrected chi connectivity index (χ1v) is 4.63. The summed E-state index contributed by atoms with van der Waals surface area (Å²) < 4.78 is 12.7. The Morgan fingerprint density at radius 2 is 2.06 bits per heavy atom. The van der Waals surface area contributed by atoms with Gasteiger partial charge in [0.05, 0.1) is 6.04 Å². The van der Waals surface area contributed by atoms with Crippen LogP contribution in [-0.2, 0) is 4.79 Å². The van der Waals surface area contributed by atoms with Crippen molar-refractivity contribution in [3.05, 3.63) is 35.6 Å². The highest BCUT2D eigenvalue weighted by atomic mass is 19.1. The molecule has 0 saturated heterocycles. The molecule has 1 unspecified atom stereocenters. The minimum absolute atomic E-state index is 0.151. The number of amides is 3. The maximum absolute atomic E-state index is 12.7. The molecule has 0 aliphatic heterocycles.